The number of carbonyl (C=O) groups is 1. The Morgan fingerprint density at radius 3 is 1.86 bits per heavy atom. The molecule has 0 unspecified atom stereocenters. The summed E-state index contributed by atoms with van der Waals surface area (Å²) < 4.78 is 28.3. The summed E-state index contributed by atoms with van der Waals surface area (Å²) in [4.78, 5) is 12.8. The highest BCUT2D eigenvalue weighted by Gasteiger charge is 2.29. The van der Waals surface area contributed by atoms with Crippen LogP contribution in [0, 0.1) is 0 Å². The van der Waals surface area contributed by atoms with E-state index in [1.165, 1.54) is 77.2 Å². The van der Waals surface area contributed by atoms with Crippen LogP contribution in [0.2, 0.25) is 0 Å². The lowest BCUT2D eigenvalue weighted by Gasteiger charge is -2.20. The molecular weight excluding hydrogens is 458 g/mol. The van der Waals surface area contributed by atoms with Gasteiger partial charge in [0.05, 0.1) is 11.0 Å². The molecule has 0 spiro atoms. The zero-order valence-corrected chi connectivity index (χ0v) is 22.5. The van der Waals surface area contributed by atoms with Crippen molar-refractivity contribution in [1.29, 1.82) is 0 Å². The Labute approximate surface area is 212 Å². The molecule has 0 amide bonds. The van der Waals surface area contributed by atoms with Crippen LogP contribution in [0.15, 0.2) is 47.4 Å². The van der Waals surface area contributed by atoms with Crippen LogP contribution in [0.3, 0.4) is 0 Å². The average Bonchev–Trinajstić information content (AvgIpc) is 2.84. The van der Waals surface area contributed by atoms with Gasteiger partial charge in [-0.15, -0.1) is 0 Å². The van der Waals surface area contributed by atoms with Crippen molar-refractivity contribution in [3.63, 3.8) is 0 Å². The summed E-state index contributed by atoms with van der Waals surface area (Å²) in [6.45, 7) is 3.70. The van der Waals surface area contributed by atoms with Gasteiger partial charge in [-0.25, -0.2) is 8.42 Å². The lowest BCUT2D eigenvalue weighted by atomic mass is 10.0. The zero-order chi connectivity index (χ0) is 25.5. The van der Waals surface area contributed by atoms with Crippen molar-refractivity contribution < 1.29 is 18.3 Å². The highest BCUT2D eigenvalue weighted by atomic mass is 32.2. The molecule has 0 bridgehead atoms. The van der Waals surface area contributed by atoms with Crippen LogP contribution in [0.4, 0.5) is 0 Å². The largest absolute Gasteiger partial charge is 0.391 e. The third-order valence-electron chi connectivity index (χ3n) is 6.67. The van der Waals surface area contributed by atoms with E-state index in [9.17, 15) is 18.3 Å². The Morgan fingerprint density at radius 2 is 1.31 bits per heavy atom. The smallest absolute Gasteiger partial charge is 0.241 e. The van der Waals surface area contributed by atoms with Gasteiger partial charge in [0.25, 0.3) is 0 Å². The first-order valence-corrected chi connectivity index (χ1v) is 15.1. The molecule has 2 aromatic carbocycles. The summed E-state index contributed by atoms with van der Waals surface area (Å²) in [6, 6.07) is 11.2. The zero-order valence-electron chi connectivity index (χ0n) is 21.7. The molecule has 2 rings (SSSR count). The Kier molecular flexibility index (Phi) is 13.5. The molecule has 0 saturated heterocycles. The normalized spacial score (nSPS) is 13.7. The van der Waals surface area contributed by atoms with Crippen LogP contribution in [-0.4, -0.2) is 31.5 Å². The minimum Gasteiger partial charge on any atom is -0.391 e. The second kappa shape index (κ2) is 16.1. The molecule has 0 heterocycles. The standard InChI is InChI=1S/C29H45NO4S/c1-3-4-5-6-7-8-9-10-11-12-13-14-15-20-28(32)29(24(2)31)30-35(33,34)27-22-21-25-18-16-17-19-26(25)23-27/h16-19,21-24,29-31H,3-15,20H2,1-2H3/t24-,29+/m1/s1. The number of benzene rings is 2. The van der Waals surface area contributed by atoms with Gasteiger partial charge < -0.3 is 5.11 Å². The maximum absolute atomic E-state index is 12.9. The molecular formula is C29H45NO4S. The topological polar surface area (TPSA) is 83.5 Å². The van der Waals surface area contributed by atoms with Crippen molar-refractivity contribution in [2.75, 3.05) is 0 Å². The lowest BCUT2D eigenvalue weighted by Crippen LogP contribution is -2.47. The maximum atomic E-state index is 12.9. The Hall–Kier alpha value is -1.76. The molecule has 2 aromatic rings. The fourth-order valence-electron chi connectivity index (χ4n) is 4.48. The van der Waals surface area contributed by atoms with E-state index in [0.29, 0.717) is 0 Å². The number of hydrogen-bond donors (Lipinski definition) is 2. The van der Waals surface area contributed by atoms with Crippen LogP contribution >= 0.6 is 0 Å². The highest BCUT2D eigenvalue weighted by Crippen LogP contribution is 2.20. The van der Waals surface area contributed by atoms with E-state index in [1.54, 1.807) is 12.1 Å². The van der Waals surface area contributed by atoms with Crippen LogP contribution < -0.4 is 4.72 Å². The highest BCUT2D eigenvalue weighted by molar-refractivity contribution is 7.89. The quantitative estimate of drug-likeness (QED) is 0.204. The van der Waals surface area contributed by atoms with E-state index >= 15 is 0 Å². The number of sulfonamides is 1. The van der Waals surface area contributed by atoms with Crippen molar-refractivity contribution in [2.24, 2.45) is 0 Å². The van der Waals surface area contributed by atoms with Crippen molar-refractivity contribution >= 4 is 26.6 Å². The van der Waals surface area contributed by atoms with E-state index in [0.717, 1.165) is 30.0 Å². The van der Waals surface area contributed by atoms with E-state index < -0.39 is 22.2 Å². The monoisotopic (exact) mass is 503 g/mol. The first-order valence-electron chi connectivity index (χ1n) is 13.6. The molecule has 196 valence electrons. The second-order valence-corrected chi connectivity index (χ2v) is 11.5. The number of nitrogens with one attached hydrogen (secondary N) is 1. The molecule has 2 atom stereocenters. The molecule has 0 aromatic heterocycles. The van der Waals surface area contributed by atoms with Crippen molar-refractivity contribution in [1.82, 2.24) is 4.72 Å². The summed E-state index contributed by atoms with van der Waals surface area (Å²) in [5, 5.41) is 11.9. The minimum atomic E-state index is -3.93. The number of carbonyl (C=O) groups excluding carboxylic acids is 1. The summed E-state index contributed by atoms with van der Waals surface area (Å²) in [5.41, 5.74) is 0. The van der Waals surface area contributed by atoms with Crippen LogP contribution in [0.1, 0.15) is 104 Å². The number of aliphatic hydroxyl groups is 1. The van der Waals surface area contributed by atoms with E-state index in [-0.39, 0.29) is 17.1 Å². The van der Waals surface area contributed by atoms with Crippen LogP contribution in [0.5, 0.6) is 0 Å². The third-order valence-corrected chi connectivity index (χ3v) is 8.11. The summed E-state index contributed by atoms with van der Waals surface area (Å²) in [6.07, 6.45) is 15.1. The number of hydrogen-bond acceptors (Lipinski definition) is 4. The maximum Gasteiger partial charge on any atom is 0.241 e. The third kappa shape index (κ3) is 10.8. The summed E-state index contributed by atoms with van der Waals surface area (Å²) in [5.74, 6) is -0.257. The van der Waals surface area contributed by atoms with Gasteiger partial charge in [-0.1, -0.05) is 114 Å². The lowest BCUT2D eigenvalue weighted by molar-refractivity contribution is -0.123. The molecule has 6 heteroatoms. The number of aliphatic hydroxyl groups excluding tert-OH is 1. The van der Waals surface area contributed by atoms with E-state index in [2.05, 4.69) is 11.6 Å². The molecule has 0 aliphatic heterocycles. The number of Topliss-reactive ketones (excluding diaryl/α,β-unsaturated/α-hetero) is 1. The van der Waals surface area contributed by atoms with Gasteiger partial charge in [0.2, 0.25) is 10.0 Å². The molecule has 0 aliphatic rings. The Morgan fingerprint density at radius 1 is 0.800 bits per heavy atom. The van der Waals surface area contributed by atoms with Crippen molar-refractivity contribution in [2.45, 2.75) is 121 Å². The minimum absolute atomic E-state index is 0.0932. The molecule has 0 saturated carbocycles. The van der Waals surface area contributed by atoms with Gasteiger partial charge in [-0.05, 0) is 36.2 Å². The Bertz CT molecular complexity index is 987. The Balaban J connectivity index is 1.69. The number of unbranched alkanes of at least 4 members (excludes halogenated alkanes) is 12. The second-order valence-electron chi connectivity index (χ2n) is 9.81. The van der Waals surface area contributed by atoms with Crippen LogP contribution in [-0.2, 0) is 14.8 Å². The van der Waals surface area contributed by atoms with Gasteiger partial charge in [-0.2, -0.15) is 4.72 Å². The van der Waals surface area contributed by atoms with Crippen LogP contribution in [0.25, 0.3) is 10.8 Å². The molecule has 2 N–H and O–H groups in total. The first-order chi connectivity index (χ1) is 16.8. The number of ketones is 1. The SMILES string of the molecule is CCCCCCCCCCCCCCCC(=O)[C@@H](NS(=O)(=O)c1ccc2ccccc2c1)[C@@H](C)O. The fourth-order valence-corrected chi connectivity index (χ4v) is 5.80. The van der Waals surface area contributed by atoms with Gasteiger partial charge in [0.1, 0.15) is 6.04 Å². The molecule has 0 aliphatic carbocycles. The number of rotatable bonds is 19. The molecule has 35 heavy (non-hydrogen) atoms. The van der Waals surface area contributed by atoms with Gasteiger partial charge in [0, 0.05) is 6.42 Å². The summed E-state index contributed by atoms with van der Waals surface area (Å²) in [7, 11) is -3.93. The fraction of sp³-hybridized carbons (Fsp3) is 0.621. The summed E-state index contributed by atoms with van der Waals surface area (Å²) >= 11 is 0. The first kappa shape index (κ1) is 29.5. The average molecular weight is 504 g/mol. The molecule has 0 fully saturated rings. The van der Waals surface area contributed by atoms with E-state index in [1.807, 2.05) is 24.3 Å². The number of fused-ring (bicyclic) bond motifs is 1. The van der Waals surface area contributed by atoms with Crippen molar-refractivity contribution in [3.05, 3.63) is 42.5 Å². The molecule has 0 radical (unpaired) electrons. The van der Waals surface area contributed by atoms with Crippen molar-refractivity contribution in [3.8, 4) is 0 Å². The predicted molar refractivity (Wildman–Crippen MR) is 145 cm³/mol. The molecule has 5 nitrogen and oxygen atoms in total. The van der Waals surface area contributed by atoms with E-state index in [4.69, 9.17) is 0 Å². The predicted octanol–water partition coefficient (Wildman–Crippen LogP) is 6.92. The van der Waals surface area contributed by atoms with Gasteiger partial charge in [0.15, 0.2) is 5.78 Å². The van der Waals surface area contributed by atoms with Gasteiger partial charge in [-0.3, -0.25) is 4.79 Å². The van der Waals surface area contributed by atoms with Gasteiger partial charge >= 0.3 is 0 Å².